The summed E-state index contributed by atoms with van der Waals surface area (Å²) in [6, 6.07) is 11.9. The van der Waals surface area contributed by atoms with Gasteiger partial charge in [-0.25, -0.2) is 0 Å². The maximum Gasteiger partial charge on any atom is 0.573 e. The first-order valence-corrected chi connectivity index (χ1v) is 6.50. The lowest BCUT2D eigenvalue weighted by molar-refractivity contribution is -0.274. The van der Waals surface area contributed by atoms with Crippen LogP contribution in [0.5, 0.6) is 5.75 Å². The molecule has 0 saturated heterocycles. The maximum absolute atomic E-state index is 12.4. The third-order valence-electron chi connectivity index (χ3n) is 3.21. The Bertz CT molecular complexity index is 603. The number of halogens is 3. The minimum Gasteiger partial charge on any atom is -0.404 e. The van der Waals surface area contributed by atoms with E-state index in [4.69, 9.17) is 0 Å². The second kappa shape index (κ2) is 6.08. The first-order valence-electron chi connectivity index (χ1n) is 6.50. The van der Waals surface area contributed by atoms with E-state index in [1.807, 2.05) is 32.0 Å². The van der Waals surface area contributed by atoms with Crippen LogP contribution in [0.15, 0.2) is 42.5 Å². The molecule has 0 aliphatic rings. The predicted octanol–water partition coefficient (Wildman–Crippen LogP) is 4.81. The molecule has 0 spiro atoms. The Hall–Kier alpha value is -2.17. The molecule has 0 unspecified atom stereocenters. The molecular weight excluding hydrogens is 279 g/mol. The van der Waals surface area contributed by atoms with E-state index < -0.39 is 6.36 Å². The van der Waals surface area contributed by atoms with Crippen molar-refractivity contribution in [2.75, 3.05) is 5.32 Å². The number of aryl methyl sites for hydroxylation is 2. The van der Waals surface area contributed by atoms with Crippen LogP contribution in [-0.2, 0) is 6.54 Å². The second-order valence-corrected chi connectivity index (χ2v) is 4.77. The van der Waals surface area contributed by atoms with Gasteiger partial charge in [-0.2, -0.15) is 0 Å². The third-order valence-corrected chi connectivity index (χ3v) is 3.21. The van der Waals surface area contributed by atoms with Gasteiger partial charge in [-0.1, -0.05) is 30.3 Å². The predicted molar refractivity (Wildman–Crippen MR) is 76.4 cm³/mol. The van der Waals surface area contributed by atoms with E-state index in [-0.39, 0.29) is 5.75 Å². The van der Waals surface area contributed by atoms with Crippen LogP contribution in [0.2, 0.25) is 0 Å². The van der Waals surface area contributed by atoms with Crippen LogP contribution in [0.3, 0.4) is 0 Å². The summed E-state index contributed by atoms with van der Waals surface area (Å²) in [5.74, 6) is -0.226. The van der Waals surface area contributed by atoms with E-state index in [2.05, 4.69) is 10.1 Å². The lowest BCUT2D eigenvalue weighted by Crippen LogP contribution is -2.18. The van der Waals surface area contributed by atoms with Gasteiger partial charge >= 0.3 is 6.36 Å². The largest absolute Gasteiger partial charge is 0.573 e. The number of hydrogen-bond acceptors (Lipinski definition) is 2. The zero-order chi connectivity index (χ0) is 15.5. The van der Waals surface area contributed by atoms with Crippen LogP contribution in [0.1, 0.15) is 16.7 Å². The Balaban J connectivity index is 2.17. The van der Waals surface area contributed by atoms with Gasteiger partial charge < -0.3 is 10.1 Å². The summed E-state index contributed by atoms with van der Waals surface area (Å²) in [7, 11) is 0. The number of rotatable bonds is 4. The minimum absolute atomic E-state index is 0.226. The second-order valence-electron chi connectivity index (χ2n) is 4.77. The zero-order valence-corrected chi connectivity index (χ0v) is 11.8. The average molecular weight is 295 g/mol. The molecule has 0 radical (unpaired) electrons. The van der Waals surface area contributed by atoms with Crippen molar-refractivity contribution in [3.05, 3.63) is 59.2 Å². The van der Waals surface area contributed by atoms with Gasteiger partial charge in [-0.3, -0.25) is 0 Å². The molecule has 2 aromatic carbocycles. The Morgan fingerprint density at radius 3 is 2.19 bits per heavy atom. The number of anilines is 1. The van der Waals surface area contributed by atoms with E-state index >= 15 is 0 Å². The standard InChI is InChI=1S/C16H16F3NO/c1-11-6-5-7-12(2)13(11)10-20-14-8-3-4-9-15(14)21-16(17,18)19/h3-9,20H,10H2,1-2H3. The van der Waals surface area contributed by atoms with Crippen molar-refractivity contribution in [3.63, 3.8) is 0 Å². The van der Waals surface area contributed by atoms with E-state index in [1.54, 1.807) is 12.1 Å². The SMILES string of the molecule is Cc1cccc(C)c1CNc1ccccc1OC(F)(F)F. The molecule has 0 aromatic heterocycles. The summed E-state index contributed by atoms with van der Waals surface area (Å²) in [6.07, 6.45) is -4.70. The Morgan fingerprint density at radius 1 is 0.952 bits per heavy atom. The molecule has 0 fully saturated rings. The summed E-state index contributed by atoms with van der Waals surface area (Å²) in [6.45, 7) is 4.39. The van der Waals surface area contributed by atoms with Gasteiger partial charge in [-0.15, -0.1) is 13.2 Å². The zero-order valence-electron chi connectivity index (χ0n) is 11.8. The van der Waals surface area contributed by atoms with Gasteiger partial charge in [0, 0.05) is 6.54 Å². The van der Waals surface area contributed by atoms with Crippen LogP contribution in [0.4, 0.5) is 18.9 Å². The van der Waals surface area contributed by atoms with E-state index in [1.165, 1.54) is 12.1 Å². The summed E-state index contributed by atoms with van der Waals surface area (Å²) in [5, 5.41) is 3.01. The number of benzene rings is 2. The van der Waals surface area contributed by atoms with Gasteiger partial charge in [0.25, 0.3) is 0 Å². The van der Waals surface area contributed by atoms with Crippen LogP contribution < -0.4 is 10.1 Å². The molecule has 0 amide bonds. The van der Waals surface area contributed by atoms with Gasteiger partial charge in [0.1, 0.15) is 0 Å². The fraction of sp³-hybridized carbons (Fsp3) is 0.250. The molecule has 0 atom stereocenters. The third kappa shape index (κ3) is 4.15. The van der Waals surface area contributed by atoms with E-state index in [0.29, 0.717) is 12.2 Å². The molecule has 0 aliphatic carbocycles. The average Bonchev–Trinajstić information content (AvgIpc) is 2.38. The smallest absolute Gasteiger partial charge is 0.404 e. The fourth-order valence-corrected chi connectivity index (χ4v) is 2.14. The van der Waals surface area contributed by atoms with Crippen molar-refractivity contribution in [2.45, 2.75) is 26.8 Å². The topological polar surface area (TPSA) is 21.3 Å². The van der Waals surface area contributed by atoms with Crippen molar-refractivity contribution in [3.8, 4) is 5.75 Å². The highest BCUT2D eigenvalue weighted by atomic mass is 19.4. The number of alkyl halides is 3. The summed E-state index contributed by atoms with van der Waals surface area (Å²) >= 11 is 0. The first-order chi connectivity index (χ1) is 9.87. The number of hydrogen-bond donors (Lipinski definition) is 1. The molecule has 1 N–H and O–H groups in total. The van der Waals surface area contributed by atoms with E-state index in [9.17, 15) is 13.2 Å². The summed E-state index contributed by atoms with van der Waals surface area (Å²) in [5.41, 5.74) is 3.57. The van der Waals surface area contributed by atoms with Crippen LogP contribution >= 0.6 is 0 Å². The van der Waals surface area contributed by atoms with Gasteiger partial charge in [-0.05, 0) is 42.7 Å². The van der Waals surface area contributed by atoms with Crippen molar-refractivity contribution < 1.29 is 17.9 Å². The van der Waals surface area contributed by atoms with Crippen molar-refractivity contribution in [1.29, 1.82) is 0 Å². The van der Waals surface area contributed by atoms with Crippen LogP contribution in [-0.4, -0.2) is 6.36 Å². The summed E-state index contributed by atoms with van der Waals surface area (Å²) < 4.78 is 41.1. The highest BCUT2D eigenvalue weighted by Crippen LogP contribution is 2.30. The fourth-order valence-electron chi connectivity index (χ4n) is 2.14. The monoisotopic (exact) mass is 295 g/mol. The van der Waals surface area contributed by atoms with Crippen molar-refractivity contribution >= 4 is 5.69 Å². The molecule has 5 heteroatoms. The molecule has 2 rings (SSSR count). The quantitative estimate of drug-likeness (QED) is 0.873. The van der Waals surface area contributed by atoms with Gasteiger partial charge in [0.2, 0.25) is 0 Å². The van der Waals surface area contributed by atoms with Gasteiger partial charge in [0.15, 0.2) is 5.75 Å². The normalized spacial score (nSPS) is 11.3. The Kier molecular flexibility index (Phi) is 4.40. The molecule has 2 aromatic rings. The molecular formula is C16H16F3NO. The highest BCUT2D eigenvalue weighted by molar-refractivity contribution is 5.56. The number of ether oxygens (including phenoxy) is 1. The van der Waals surface area contributed by atoms with Crippen LogP contribution in [0.25, 0.3) is 0 Å². The minimum atomic E-state index is -4.70. The van der Waals surface area contributed by atoms with Crippen molar-refractivity contribution in [2.24, 2.45) is 0 Å². The molecule has 0 heterocycles. The van der Waals surface area contributed by atoms with Gasteiger partial charge in [0.05, 0.1) is 5.69 Å². The Morgan fingerprint density at radius 2 is 1.57 bits per heavy atom. The summed E-state index contributed by atoms with van der Waals surface area (Å²) in [4.78, 5) is 0. The Labute approximate surface area is 121 Å². The maximum atomic E-state index is 12.4. The van der Waals surface area contributed by atoms with Crippen molar-refractivity contribution in [1.82, 2.24) is 0 Å². The molecule has 21 heavy (non-hydrogen) atoms. The molecule has 2 nitrogen and oxygen atoms in total. The van der Waals surface area contributed by atoms with E-state index in [0.717, 1.165) is 16.7 Å². The number of para-hydroxylation sites is 2. The molecule has 0 aliphatic heterocycles. The lowest BCUT2D eigenvalue weighted by Gasteiger charge is -2.16. The first kappa shape index (κ1) is 15.2. The van der Waals surface area contributed by atoms with Crippen LogP contribution in [0, 0.1) is 13.8 Å². The number of nitrogens with one attached hydrogen (secondary N) is 1. The highest BCUT2D eigenvalue weighted by Gasteiger charge is 2.32. The molecule has 112 valence electrons. The lowest BCUT2D eigenvalue weighted by atomic mass is 10.0. The molecule has 0 saturated carbocycles. The molecule has 0 bridgehead atoms.